The second-order valence-corrected chi connectivity index (χ2v) is 7.72. The largest absolute Gasteiger partial charge is 0.464 e. The molecule has 1 aromatic rings. The number of amides is 3. The molecule has 1 rings (SSSR count). The van der Waals surface area contributed by atoms with Crippen LogP contribution in [0.2, 0.25) is 0 Å². The number of hydrogen-bond donors (Lipinski definition) is 1. The van der Waals surface area contributed by atoms with Gasteiger partial charge in [0.05, 0.1) is 13.2 Å². The molecule has 7 heteroatoms. The number of nitrogens with zero attached hydrogens (tertiary/aromatic N) is 2. The van der Waals surface area contributed by atoms with E-state index in [-0.39, 0.29) is 30.1 Å². The second kappa shape index (κ2) is 9.62. The van der Waals surface area contributed by atoms with E-state index in [1.54, 1.807) is 16.9 Å². The minimum absolute atomic E-state index is 0.00296. The number of ether oxygens (including phenoxy) is 1. The first-order chi connectivity index (χ1) is 12.0. The molecule has 1 aromatic heterocycles. The van der Waals surface area contributed by atoms with E-state index >= 15 is 0 Å². The van der Waals surface area contributed by atoms with Gasteiger partial charge < -0.3 is 24.3 Å². The van der Waals surface area contributed by atoms with Crippen molar-refractivity contribution in [3.05, 3.63) is 23.7 Å². The maximum Gasteiger partial charge on any atom is 0.318 e. The third-order valence-corrected chi connectivity index (χ3v) is 3.73. The molecule has 0 bridgehead atoms. The Morgan fingerprint density at radius 2 is 1.92 bits per heavy atom. The Morgan fingerprint density at radius 3 is 2.38 bits per heavy atom. The lowest BCUT2D eigenvalue weighted by Gasteiger charge is -2.32. The van der Waals surface area contributed by atoms with Gasteiger partial charge >= 0.3 is 6.03 Å². The summed E-state index contributed by atoms with van der Waals surface area (Å²) in [5.41, 5.74) is -0.366. The van der Waals surface area contributed by atoms with Crippen molar-refractivity contribution in [2.75, 3.05) is 26.8 Å². The Labute approximate surface area is 156 Å². The Kier molecular flexibility index (Phi) is 8.14. The van der Waals surface area contributed by atoms with Crippen LogP contribution in [0.4, 0.5) is 4.79 Å². The predicted molar refractivity (Wildman–Crippen MR) is 101 cm³/mol. The Hall–Kier alpha value is -2.02. The molecule has 0 radical (unpaired) electrons. The summed E-state index contributed by atoms with van der Waals surface area (Å²) in [5, 5.41) is 2.91. The van der Waals surface area contributed by atoms with Gasteiger partial charge in [-0.3, -0.25) is 4.79 Å². The zero-order valence-corrected chi connectivity index (χ0v) is 17.1. The standard InChI is InChI=1S/C19H33N3O4/c1-14(2)22(18(24)20-19(4,5)6)13-17(23)21(10-11-25-7)12-16-9-8-15(3)26-16/h8-9,14H,10-13H2,1-7H3,(H,20,24). The molecule has 0 aliphatic carbocycles. The van der Waals surface area contributed by atoms with E-state index < -0.39 is 0 Å². The lowest BCUT2D eigenvalue weighted by Crippen LogP contribution is -2.53. The minimum Gasteiger partial charge on any atom is -0.464 e. The topological polar surface area (TPSA) is 75.0 Å². The van der Waals surface area contributed by atoms with Crippen LogP contribution in [0.15, 0.2) is 16.5 Å². The molecule has 0 aromatic carbocycles. The van der Waals surface area contributed by atoms with Crippen molar-refractivity contribution in [3.8, 4) is 0 Å². The van der Waals surface area contributed by atoms with Gasteiger partial charge in [0.15, 0.2) is 0 Å². The maximum absolute atomic E-state index is 12.9. The van der Waals surface area contributed by atoms with Gasteiger partial charge in [-0.1, -0.05) is 0 Å². The van der Waals surface area contributed by atoms with Crippen LogP contribution in [0.5, 0.6) is 0 Å². The number of nitrogens with one attached hydrogen (secondary N) is 1. The third kappa shape index (κ3) is 7.47. The fourth-order valence-electron chi connectivity index (χ4n) is 2.38. The SMILES string of the molecule is COCCN(Cc1ccc(C)o1)C(=O)CN(C(=O)NC(C)(C)C)C(C)C. The van der Waals surface area contributed by atoms with Gasteiger partial charge in [0.25, 0.3) is 0 Å². The van der Waals surface area contributed by atoms with Gasteiger partial charge in [-0.05, 0) is 53.7 Å². The highest BCUT2D eigenvalue weighted by Crippen LogP contribution is 2.11. The highest BCUT2D eigenvalue weighted by molar-refractivity contribution is 5.84. The number of methoxy groups -OCH3 is 1. The highest BCUT2D eigenvalue weighted by Gasteiger charge is 2.26. The van der Waals surface area contributed by atoms with Crippen LogP contribution in [0.1, 0.15) is 46.1 Å². The molecule has 1 N–H and O–H groups in total. The van der Waals surface area contributed by atoms with Gasteiger partial charge in [0.1, 0.15) is 18.1 Å². The van der Waals surface area contributed by atoms with Gasteiger partial charge in [-0.25, -0.2) is 4.79 Å². The van der Waals surface area contributed by atoms with Crippen molar-refractivity contribution in [2.45, 2.75) is 59.7 Å². The molecule has 0 aliphatic rings. The number of carbonyl (C=O) groups is 2. The molecule has 26 heavy (non-hydrogen) atoms. The minimum atomic E-state index is -0.366. The first kappa shape index (κ1) is 22.0. The van der Waals surface area contributed by atoms with E-state index in [1.165, 1.54) is 0 Å². The molecule has 0 unspecified atom stereocenters. The van der Waals surface area contributed by atoms with Gasteiger partial charge in [0, 0.05) is 25.2 Å². The molecule has 148 valence electrons. The first-order valence-corrected chi connectivity index (χ1v) is 8.94. The average molecular weight is 367 g/mol. The van der Waals surface area contributed by atoms with Crippen molar-refractivity contribution >= 4 is 11.9 Å². The number of hydrogen-bond acceptors (Lipinski definition) is 4. The Balaban J connectivity index is 2.84. The Bertz CT molecular complexity index is 590. The van der Waals surface area contributed by atoms with Crippen molar-refractivity contribution in [3.63, 3.8) is 0 Å². The van der Waals surface area contributed by atoms with Gasteiger partial charge in [-0.2, -0.15) is 0 Å². The van der Waals surface area contributed by atoms with Crippen LogP contribution in [-0.2, 0) is 16.1 Å². The number of rotatable bonds is 8. The molecule has 1 heterocycles. The van der Waals surface area contributed by atoms with E-state index in [9.17, 15) is 9.59 Å². The van der Waals surface area contributed by atoms with Crippen LogP contribution in [0.3, 0.4) is 0 Å². The van der Waals surface area contributed by atoms with Crippen molar-refractivity contribution in [1.82, 2.24) is 15.1 Å². The zero-order chi connectivity index (χ0) is 19.9. The fourth-order valence-corrected chi connectivity index (χ4v) is 2.38. The maximum atomic E-state index is 12.9. The summed E-state index contributed by atoms with van der Waals surface area (Å²) >= 11 is 0. The summed E-state index contributed by atoms with van der Waals surface area (Å²) < 4.78 is 10.7. The zero-order valence-electron chi connectivity index (χ0n) is 17.1. The van der Waals surface area contributed by atoms with E-state index in [2.05, 4.69) is 5.32 Å². The Morgan fingerprint density at radius 1 is 1.27 bits per heavy atom. The summed E-state index contributed by atoms with van der Waals surface area (Å²) in [7, 11) is 1.59. The van der Waals surface area contributed by atoms with Crippen molar-refractivity contribution < 1.29 is 18.7 Å². The van der Waals surface area contributed by atoms with Crippen LogP contribution in [-0.4, -0.2) is 60.1 Å². The number of aryl methyl sites for hydroxylation is 1. The molecular weight excluding hydrogens is 334 g/mol. The molecule has 0 saturated heterocycles. The highest BCUT2D eigenvalue weighted by atomic mass is 16.5. The molecule has 0 saturated carbocycles. The van der Waals surface area contributed by atoms with E-state index in [0.717, 1.165) is 5.76 Å². The van der Waals surface area contributed by atoms with Crippen LogP contribution in [0, 0.1) is 6.92 Å². The first-order valence-electron chi connectivity index (χ1n) is 8.94. The van der Waals surface area contributed by atoms with Crippen LogP contribution >= 0.6 is 0 Å². The van der Waals surface area contributed by atoms with E-state index in [1.807, 2.05) is 53.7 Å². The number of furan rings is 1. The van der Waals surface area contributed by atoms with Crippen molar-refractivity contribution in [1.29, 1.82) is 0 Å². The average Bonchev–Trinajstić information content (AvgIpc) is 2.91. The normalized spacial score (nSPS) is 11.5. The van der Waals surface area contributed by atoms with E-state index in [0.29, 0.717) is 25.5 Å². The van der Waals surface area contributed by atoms with Gasteiger partial charge in [-0.15, -0.1) is 0 Å². The van der Waals surface area contributed by atoms with Crippen LogP contribution in [0.25, 0.3) is 0 Å². The van der Waals surface area contributed by atoms with E-state index in [4.69, 9.17) is 9.15 Å². The second-order valence-electron chi connectivity index (χ2n) is 7.72. The third-order valence-electron chi connectivity index (χ3n) is 3.73. The summed E-state index contributed by atoms with van der Waals surface area (Å²) in [6.45, 7) is 12.6. The molecule has 0 atom stereocenters. The predicted octanol–water partition coefficient (Wildman–Crippen LogP) is 2.78. The quantitative estimate of drug-likeness (QED) is 0.767. The molecule has 0 aliphatic heterocycles. The molecular formula is C19H33N3O4. The lowest BCUT2D eigenvalue weighted by molar-refractivity contribution is -0.133. The molecule has 3 amide bonds. The lowest BCUT2D eigenvalue weighted by atomic mass is 10.1. The smallest absolute Gasteiger partial charge is 0.318 e. The number of urea groups is 1. The van der Waals surface area contributed by atoms with Crippen LogP contribution < -0.4 is 5.32 Å². The van der Waals surface area contributed by atoms with Gasteiger partial charge in [0.2, 0.25) is 5.91 Å². The van der Waals surface area contributed by atoms with Crippen molar-refractivity contribution in [2.24, 2.45) is 0 Å². The molecule has 0 spiro atoms. The fraction of sp³-hybridized carbons (Fsp3) is 0.684. The summed E-state index contributed by atoms with van der Waals surface area (Å²) in [6, 6.07) is 3.37. The molecule has 7 nitrogen and oxygen atoms in total. The summed E-state index contributed by atoms with van der Waals surface area (Å²) in [4.78, 5) is 28.6. The monoisotopic (exact) mass is 367 g/mol. The summed E-state index contributed by atoms with van der Waals surface area (Å²) in [5.74, 6) is 1.36. The number of carbonyl (C=O) groups excluding carboxylic acids is 2. The molecule has 0 fully saturated rings. The summed E-state index contributed by atoms with van der Waals surface area (Å²) in [6.07, 6.45) is 0.